The maximum Gasteiger partial charge on any atom is 0.259 e. The zero-order valence-corrected chi connectivity index (χ0v) is 18.1. The molecule has 7 heteroatoms. The number of carbonyl (C=O) groups excluding carboxylic acids is 2. The van der Waals surface area contributed by atoms with Crippen LogP contribution >= 0.6 is 15.9 Å². The highest BCUT2D eigenvalue weighted by atomic mass is 79.9. The van der Waals surface area contributed by atoms with E-state index in [0.717, 1.165) is 22.9 Å². The van der Waals surface area contributed by atoms with E-state index in [2.05, 4.69) is 26.6 Å². The summed E-state index contributed by atoms with van der Waals surface area (Å²) in [5.41, 5.74) is 2.39. The van der Waals surface area contributed by atoms with E-state index in [0.29, 0.717) is 34.9 Å². The maximum atomic E-state index is 12.8. The highest BCUT2D eigenvalue weighted by Crippen LogP contribution is 2.31. The van der Waals surface area contributed by atoms with E-state index in [1.54, 1.807) is 24.3 Å². The largest absolute Gasteiger partial charge is 0.496 e. The number of ether oxygens (including phenoxy) is 2. The number of unbranched alkanes of at least 4 members (excludes halogenated alkanes) is 1. The molecule has 0 bridgehead atoms. The van der Waals surface area contributed by atoms with Crippen LogP contribution in [0, 0.1) is 6.92 Å². The van der Waals surface area contributed by atoms with Crippen LogP contribution in [0.3, 0.4) is 0 Å². The molecule has 0 spiro atoms. The quantitative estimate of drug-likeness (QED) is 0.584. The number of rotatable bonds is 8. The number of nitrogens with one attached hydrogen (secondary N) is 2. The molecule has 0 aliphatic carbocycles. The van der Waals surface area contributed by atoms with Crippen LogP contribution in [0.15, 0.2) is 34.8 Å². The molecule has 2 rings (SSSR count). The van der Waals surface area contributed by atoms with Gasteiger partial charge in [-0.2, -0.15) is 0 Å². The Morgan fingerprint density at radius 1 is 1.07 bits per heavy atom. The zero-order chi connectivity index (χ0) is 20.7. The fourth-order valence-electron chi connectivity index (χ4n) is 2.79. The van der Waals surface area contributed by atoms with Gasteiger partial charge in [-0.05, 0) is 43.2 Å². The average Bonchev–Trinajstić information content (AvgIpc) is 2.66. The van der Waals surface area contributed by atoms with Crippen molar-refractivity contribution in [1.82, 2.24) is 0 Å². The first-order chi connectivity index (χ1) is 13.4. The molecule has 0 atom stereocenters. The van der Waals surface area contributed by atoms with Crippen molar-refractivity contribution < 1.29 is 19.1 Å². The van der Waals surface area contributed by atoms with Crippen molar-refractivity contribution in [3.8, 4) is 11.5 Å². The summed E-state index contributed by atoms with van der Waals surface area (Å²) < 4.78 is 11.5. The van der Waals surface area contributed by atoms with Gasteiger partial charge in [-0.1, -0.05) is 29.3 Å². The van der Waals surface area contributed by atoms with Gasteiger partial charge in [0.05, 0.1) is 25.5 Å². The van der Waals surface area contributed by atoms with Crippen molar-refractivity contribution in [3.05, 3.63) is 45.9 Å². The molecule has 0 aliphatic rings. The smallest absolute Gasteiger partial charge is 0.259 e. The van der Waals surface area contributed by atoms with Gasteiger partial charge in [-0.15, -0.1) is 0 Å². The van der Waals surface area contributed by atoms with Gasteiger partial charge >= 0.3 is 0 Å². The molecule has 0 unspecified atom stereocenters. The minimum Gasteiger partial charge on any atom is -0.496 e. The summed E-state index contributed by atoms with van der Waals surface area (Å²) in [6, 6.07) is 8.69. The number of anilines is 2. The second-order valence-electron chi connectivity index (χ2n) is 6.32. The lowest BCUT2D eigenvalue weighted by Crippen LogP contribution is -2.15. The number of amides is 2. The first-order valence-electron chi connectivity index (χ1n) is 9.03. The summed E-state index contributed by atoms with van der Waals surface area (Å²) in [7, 11) is 3.05. The first-order valence-corrected chi connectivity index (χ1v) is 9.82. The molecule has 0 fully saturated rings. The summed E-state index contributed by atoms with van der Waals surface area (Å²) in [5.74, 6) is 0.627. The predicted octanol–water partition coefficient (Wildman–Crippen LogP) is 5.16. The summed E-state index contributed by atoms with van der Waals surface area (Å²) in [4.78, 5) is 24.7. The van der Waals surface area contributed by atoms with Gasteiger partial charge in [0, 0.05) is 22.6 Å². The number of carbonyl (C=O) groups is 2. The Morgan fingerprint density at radius 3 is 2.46 bits per heavy atom. The predicted molar refractivity (Wildman–Crippen MR) is 115 cm³/mol. The molecule has 0 aliphatic heterocycles. The summed E-state index contributed by atoms with van der Waals surface area (Å²) >= 11 is 3.41. The third kappa shape index (κ3) is 5.48. The molecule has 28 heavy (non-hydrogen) atoms. The van der Waals surface area contributed by atoms with Crippen molar-refractivity contribution in [1.29, 1.82) is 0 Å². The summed E-state index contributed by atoms with van der Waals surface area (Å²) in [6.45, 7) is 3.91. The van der Waals surface area contributed by atoms with Crippen LogP contribution in [0.2, 0.25) is 0 Å². The molecule has 2 aromatic rings. The molecule has 2 amide bonds. The van der Waals surface area contributed by atoms with E-state index in [1.165, 1.54) is 14.2 Å². The number of hydrogen-bond acceptors (Lipinski definition) is 4. The first kappa shape index (κ1) is 21.8. The van der Waals surface area contributed by atoms with Crippen LogP contribution in [-0.4, -0.2) is 26.0 Å². The van der Waals surface area contributed by atoms with Gasteiger partial charge < -0.3 is 20.1 Å². The van der Waals surface area contributed by atoms with Crippen molar-refractivity contribution in [2.75, 3.05) is 24.9 Å². The Balaban J connectivity index is 2.21. The van der Waals surface area contributed by atoms with E-state index in [1.807, 2.05) is 19.9 Å². The standard InChI is InChI=1S/C21H25BrN2O4/c1-5-6-7-19(25)24-17-9-8-15(12-18(17)27-3)23-21(26)16-11-14(22)10-13(2)20(16)28-4/h8-12H,5-7H2,1-4H3,(H,23,26)(H,24,25). The highest BCUT2D eigenvalue weighted by molar-refractivity contribution is 9.10. The number of methoxy groups -OCH3 is 2. The minimum absolute atomic E-state index is 0.0636. The Morgan fingerprint density at radius 2 is 1.82 bits per heavy atom. The fourth-order valence-corrected chi connectivity index (χ4v) is 3.36. The van der Waals surface area contributed by atoms with Crippen molar-refractivity contribution in [3.63, 3.8) is 0 Å². The van der Waals surface area contributed by atoms with Gasteiger partial charge in [0.2, 0.25) is 5.91 Å². The van der Waals surface area contributed by atoms with Crippen LogP contribution in [0.1, 0.15) is 42.1 Å². The molecule has 0 saturated carbocycles. The van der Waals surface area contributed by atoms with Crippen molar-refractivity contribution >= 4 is 39.1 Å². The van der Waals surface area contributed by atoms with Crippen LogP contribution in [0.5, 0.6) is 11.5 Å². The lowest BCUT2D eigenvalue weighted by molar-refractivity contribution is -0.116. The zero-order valence-electron chi connectivity index (χ0n) is 16.5. The normalized spacial score (nSPS) is 10.3. The number of halogens is 1. The molecule has 0 heterocycles. The molecule has 2 aromatic carbocycles. The Kier molecular flexibility index (Phi) is 7.87. The number of aryl methyl sites for hydroxylation is 1. The van der Waals surface area contributed by atoms with Crippen LogP contribution in [0.4, 0.5) is 11.4 Å². The molecule has 0 saturated heterocycles. The van der Waals surface area contributed by atoms with E-state index < -0.39 is 0 Å². The van der Waals surface area contributed by atoms with E-state index in [9.17, 15) is 9.59 Å². The second kappa shape index (κ2) is 10.1. The molecule has 2 N–H and O–H groups in total. The van der Waals surface area contributed by atoms with E-state index in [-0.39, 0.29) is 11.8 Å². The lowest BCUT2D eigenvalue weighted by atomic mass is 10.1. The Bertz CT molecular complexity index is 868. The van der Waals surface area contributed by atoms with Gasteiger partial charge in [0.25, 0.3) is 5.91 Å². The van der Waals surface area contributed by atoms with Crippen LogP contribution < -0.4 is 20.1 Å². The van der Waals surface area contributed by atoms with Crippen molar-refractivity contribution in [2.45, 2.75) is 33.1 Å². The number of benzene rings is 2. The van der Waals surface area contributed by atoms with Crippen LogP contribution in [0.25, 0.3) is 0 Å². The average molecular weight is 449 g/mol. The van der Waals surface area contributed by atoms with Crippen molar-refractivity contribution in [2.24, 2.45) is 0 Å². The maximum absolute atomic E-state index is 12.8. The summed E-state index contributed by atoms with van der Waals surface area (Å²) in [5, 5.41) is 5.68. The molecule has 0 radical (unpaired) electrons. The van der Waals surface area contributed by atoms with Gasteiger partial charge in [0.1, 0.15) is 11.5 Å². The lowest BCUT2D eigenvalue weighted by Gasteiger charge is -2.14. The Hall–Kier alpha value is -2.54. The third-order valence-corrected chi connectivity index (χ3v) is 4.64. The summed E-state index contributed by atoms with van der Waals surface area (Å²) in [6.07, 6.45) is 2.24. The molecule has 0 aromatic heterocycles. The van der Waals surface area contributed by atoms with Crippen LogP contribution in [-0.2, 0) is 4.79 Å². The van der Waals surface area contributed by atoms with E-state index >= 15 is 0 Å². The fraction of sp³-hybridized carbons (Fsp3) is 0.333. The van der Waals surface area contributed by atoms with Gasteiger partial charge in [0.15, 0.2) is 0 Å². The number of hydrogen-bond donors (Lipinski definition) is 2. The SMILES string of the molecule is CCCCC(=O)Nc1ccc(NC(=O)c2cc(Br)cc(C)c2OC)cc1OC. The van der Waals surface area contributed by atoms with Gasteiger partial charge in [-0.25, -0.2) is 0 Å². The van der Waals surface area contributed by atoms with Gasteiger partial charge in [-0.3, -0.25) is 9.59 Å². The highest BCUT2D eigenvalue weighted by Gasteiger charge is 2.17. The topological polar surface area (TPSA) is 76.7 Å². The van der Waals surface area contributed by atoms with E-state index in [4.69, 9.17) is 9.47 Å². The third-order valence-electron chi connectivity index (χ3n) is 4.18. The molecular weight excluding hydrogens is 424 g/mol. The molecular formula is C21H25BrN2O4. The Labute approximate surface area is 173 Å². The molecule has 6 nitrogen and oxygen atoms in total. The minimum atomic E-state index is -0.303. The second-order valence-corrected chi connectivity index (χ2v) is 7.24. The molecule has 150 valence electrons. The monoisotopic (exact) mass is 448 g/mol.